The molecule has 1 amide bonds. The summed E-state index contributed by atoms with van der Waals surface area (Å²) in [6, 6.07) is 13.1. The summed E-state index contributed by atoms with van der Waals surface area (Å²) in [6.45, 7) is 7.65. The van der Waals surface area contributed by atoms with E-state index in [1.807, 2.05) is 43.0 Å². The standard InChI is InChI=1S/C25H28FN5O2/c1-17-16-33-13-12-30(17)25(32)24-18(2)31(28-27-24)23-9-5-7-19-14-29(11-10-21(19)23)15-20-6-3-4-8-22(20)26/h3-9,17H,10-16H2,1-2H3. The molecule has 3 heterocycles. The van der Waals surface area contributed by atoms with Crippen molar-refractivity contribution in [3.05, 3.63) is 76.4 Å². The zero-order chi connectivity index (χ0) is 22.9. The molecule has 1 atom stereocenters. The van der Waals surface area contributed by atoms with Crippen molar-refractivity contribution in [2.45, 2.75) is 39.4 Å². The SMILES string of the molecule is Cc1c(C(=O)N2CCOCC2C)nnn1-c1cccc2c1CCN(Cc1ccccc1F)C2. The molecule has 3 aromatic rings. The first kappa shape index (κ1) is 21.7. The topological polar surface area (TPSA) is 63.5 Å². The Bertz CT molecular complexity index is 1180. The van der Waals surface area contributed by atoms with E-state index in [9.17, 15) is 9.18 Å². The molecule has 8 heteroatoms. The van der Waals surface area contributed by atoms with E-state index in [0.717, 1.165) is 30.9 Å². The molecular weight excluding hydrogens is 421 g/mol. The fraction of sp³-hybridized carbons (Fsp3) is 0.400. The lowest BCUT2D eigenvalue weighted by atomic mass is 9.97. The van der Waals surface area contributed by atoms with Gasteiger partial charge in [-0.2, -0.15) is 0 Å². The van der Waals surface area contributed by atoms with Gasteiger partial charge in [-0.1, -0.05) is 35.5 Å². The van der Waals surface area contributed by atoms with Gasteiger partial charge in [0.15, 0.2) is 5.69 Å². The van der Waals surface area contributed by atoms with Gasteiger partial charge < -0.3 is 9.64 Å². The number of hydrogen-bond acceptors (Lipinski definition) is 5. The van der Waals surface area contributed by atoms with Crippen molar-refractivity contribution in [2.75, 3.05) is 26.3 Å². The number of carbonyl (C=O) groups is 1. The van der Waals surface area contributed by atoms with Crippen LogP contribution in [0.4, 0.5) is 4.39 Å². The van der Waals surface area contributed by atoms with Gasteiger partial charge in [-0.3, -0.25) is 9.69 Å². The van der Waals surface area contributed by atoms with Crippen LogP contribution in [0.15, 0.2) is 42.5 Å². The van der Waals surface area contributed by atoms with Gasteiger partial charge in [-0.25, -0.2) is 9.07 Å². The van der Waals surface area contributed by atoms with Crippen LogP contribution >= 0.6 is 0 Å². The quantitative estimate of drug-likeness (QED) is 0.612. The molecule has 2 aliphatic heterocycles. The number of halogens is 1. The number of rotatable bonds is 4. The Morgan fingerprint density at radius 3 is 2.85 bits per heavy atom. The van der Waals surface area contributed by atoms with E-state index in [4.69, 9.17) is 4.74 Å². The van der Waals surface area contributed by atoms with Crippen LogP contribution in [0.2, 0.25) is 0 Å². The van der Waals surface area contributed by atoms with Crippen LogP contribution in [-0.4, -0.2) is 63.0 Å². The molecule has 7 nitrogen and oxygen atoms in total. The minimum atomic E-state index is -0.165. The maximum absolute atomic E-state index is 14.1. The number of morpholine rings is 1. The zero-order valence-corrected chi connectivity index (χ0v) is 19.0. The summed E-state index contributed by atoms with van der Waals surface area (Å²) in [4.78, 5) is 17.2. The molecule has 0 spiro atoms. The maximum atomic E-state index is 14.1. The van der Waals surface area contributed by atoms with E-state index in [1.54, 1.807) is 10.7 Å². The van der Waals surface area contributed by atoms with Gasteiger partial charge in [0.2, 0.25) is 0 Å². The number of amides is 1. The normalized spacial score (nSPS) is 18.9. The minimum absolute atomic E-state index is 0.0146. The molecule has 2 aliphatic rings. The van der Waals surface area contributed by atoms with Gasteiger partial charge in [0.05, 0.1) is 30.6 Å². The van der Waals surface area contributed by atoms with Gasteiger partial charge in [0.1, 0.15) is 5.82 Å². The van der Waals surface area contributed by atoms with Crippen molar-refractivity contribution in [1.82, 2.24) is 24.8 Å². The predicted octanol–water partition coefficient (Wildman–Crippen LogP) is 3.13. The van der Waals surface area contributed by atoms with Crippen LogP contribution in [-0.2, 0) is 24.2 Å². The zero-order valence-electron chi connectivity index (χ0n) is 19.0. The minimum Gasteiger partial charge on any atom is -0.377 e. The van der Waals surface area contributed by atoms with E-state index in [0.29, 0.717) is 37.6 Å². The molecule has 1 saturated heterocycles. The van der Waals surface area contributed by atoms with E-state index in [1.165, 1.54) is 17.2 Å². The van der Waals surface area contributed by atoms with Crippen molar-refractivity contribution in [2.24, 2.45) is 0 Å². The molecule has 0 N–H and O–H groups in total. The third-order valence-corrected chi connectivity index (χ3v) is 6.63. The third kappa shape index (κ3) is 4.16. The summed E-state index contributed by atoms with van der Waals surface area (Å²) in [5.74, 6) is -0.266. The first-order chi connectivity index (χ1) is 16.0. The fourth-order valence-corrected chi connectivity index (χ4v) is 4.77. The third-order valence-electron chi connectivity index (χ3n) is 6.63. The Kier molecular flexibility index (Phi) is 5.95. The highest BCUT2D eigenvalue weighted by Crippen LogP contribution is 2.27. The van der Waals surface area contributed by atoms with Crippen molar-refractivity contribution >= 4 is 5.91 Å². The molecule has 0 aliphatic carbocycles. The fourth-order valence-electron chi connectivity index (χ4n) is 4.77. The summed E-state index contributed by atoms with van der Waals surface area (Å²) in [5, 5.41) is 8.62. The van der Waals surface area contributed by atoms with Gasteiger partial charge in [0, 0.05) is 31.7 Å². The molecule has 0 bridgehead atoms. The van der Waals surface area contributed by atoms with E-state index >= 15 is 0 Å². The highest BCUT2D eigenvalue weighted by Gasteiger charge is 2.29. The number of aromatic nitrogens is 3. The first-order valence-corrected chi connectivity index (χ1v) is 11.4. The summed E-state index contributed by atoms with van der Waals surface area (Å²) >= 11 is 0. The lowest BCUT2D eigenvalue weighted by Gasteiger charge is -2.32. The second kappa shape index (κ2) is 9.03. The lowest BCUT2D eigenvalue weighted by Crippen LogP contribution is -2.47. The van der Waals surface area contributed by atoms with Gasteiger partial charge >= 0.3 is 0 Å². The number of carbonyl (C=O) groups excluding carboxylic acids is 1. The molecule has 5 rings (SSSR count). The molecule has 2 aromatic carbocycles. The first-order valence-electron chi connectivity index (χ1n) is 11.4. The van der Waals surface area contributed by atoms with Crippen LogP contribution in [0, 0.1) is 12.7 Å². The molecule has 33 heavy (non-hydrogen) atoms. The Hall–Kier alpha value is -3.10. The Labute approximate surface area is 192 Å². The van der Waals surface area contributed by atoms with Crippen molar-refractivity contribution in [3.8, 4) is 5.69 Å². The summed E-state index contributed by atoms with van der Waals surface area (Å²) in [7, 11) is 0. The second-order valence-corrected chi connectivity index (χ2v) is 8.82. The largest absolute Gasteiger partial charge is 0.377 e. The number of fused-ring (bicyclic) bond motifs is 1. The van der Waals surface area contributed by atoms with Crippen LogP contribution in [0.3, 0.4) is 0 Å². The Morgan fingerprint density at radius 1 is 1.18 bits per heavy atom. The summed E-state index contributed by atoms with van der Waals surface area (Å²) in [6.07, 6.45) is 0.822. The van der Waals surface area contributed by atoms with Crippen molar-refractivity contribution in [1.29, 1.82) is 0 Å². The van der Waals surface area contributed by atoms with E-state index in [2.05, 4.69) is 21.3 Å². The number of benzene rings is 2. The molecule has 1 aromatic heterocycles. The van der Waals surface area contributed by atoms with Crippen molar-refractivity contribution < 1.29 is 13.9 Å². The molecule has 0 radical (unpaired) electrons. The molecule has 1 fully saturated rings. The van der Waals surface area contributed by atoms with Crippen LogP contribution in [0.25, 0.3) is 5.69 Å². The summed E-state index contributed by atoms with van der Waals surface area (Å²) in [5.41, 5.74) is 5.19. The van der Waals surface area contributed by atoms with Gasteiger partial charge in [-0.15, -0.1) is 5.10 Å². The van der Waals surface area contributed by atoms with Crippen LogP contribution < -0.4 is 0 Å². The van der Waals surface area contributed by atoms with Gasteiger partial charge in [0.25, 0.3) is 5.91 Å². The van der Waals surface area contributed by atoms with Crippen molar-refractivity contribution in [3.63, 3.8) is 0 Å². The Balaban J connectivity index is 1.39. The highest BCUT2D eigenvalue weighted by molar-refractivity contribution is 5.93. The number of ether oxygens (including phenoxy) is 1. The predicted molar refractivity (Wildman–Crippen MR) is 122 cm³/mol. The lowest BCUT2D eigenvalue weighted by molar-refractivity contribution is 0.00322. The van der Waals surface area contributed by atoms with E-state index < -0.39 is 0 Å². The average Bonchev–Trinajstić information content (AvgIpc) is 3.21. The smallest absolute Gasteiger partial charge is 0.276 e. The molecule has 172 valence electrons. The van der Waals surface area contributed by atoms with Crippen LogP contribution in [0.1, 0.15) is 39.8 Å². The second-order valence-electron chi connectivity index (χ2n) is 8.82. The van der Waals surface area contributed by atoms with Crippen LogP contribution in [0.5, 0.6) is 0 Å². The Morgan fingerprint density at radius 2 is 2.03 bits per heavy atom. The average molecular weight is 450 g/mol. The maximum Gasteiger partial charge on any atom is 0.276 e. The monoisotopic (exact) mass is 449 g/mol. The number of nitrogens with zero attached hydrogens (tertiary/aromatic N) is 5. The highest BCUT2D eigenvalue weighted by atomic mass is 19.1. The number of hydrogen-bond donors (Lipinski definition) is 0. The van der Waals surface area contributed by atoms with E-state index in [-0.39, 0.29) is 17.8 Å². The molecular formula is C25H28FN5O2. The molecule has 1 unspecified atom stereocenters. The summed E-state index contributed by atoms with van der Waals surface area (Å²) < 4.78 is 21.4. The molecule has 0 saturated carbocycles. The van der Waals surface area contributed by atoms with Gasteiger partial charge in [-0.05, 0) is 43.5 Å².